The van der Waals surface area contributed by atoms with Gasteiger partial charge >= 0.3 is 0 Å². The molecule has 1 fully saturated rings. The van der Waals surface area contributed by atoms with Crippen molar-refractivity contribution >= 4 is 5.82 Å². The lowest BCUT2D eigenvalue weighted by Crippen LogP contribution is -2.47. The maximum absolute atomic E-state index is 5.21. The summed E-state index contributed by atoms with van der Waals surface area (Å²) in [5, 5.41) is 0. The molecule has 1 aromatic heterocycles. The minimum Gasteiger partial charge on any atom is -0.497 e. The van der Waals surface area contributed by atoms with Gasteiger partial charge in [0.25, 0.3) is 0 Å². The molecule has 2 heterocycles. The van der Waals surface area contributed by atoms with Gasteiger partial charge in [-0.25, -0.2) is 9.97 Å². The number of benzene rings is 1. The first-order valence-electron chi connectivity index (χ1n) is 8.69. The summed E-state index contributed by atoms with van der Waals surface area (Å²) < 4.78 is 5.21. The highest BCUT2D eigenvalue weighted by Gasteiger charge is 2.18. The van der Waals surface area contributed by atoms with Crippen LogP contribution in [0.1, 0.15) is 18.2 Å². The van der Waals surface area contributed by atoms with Gasteiger partial charge in [-0.05, 0) is 30.5 Å². The molecule has 0 aliphatic carbocycles. The Balaban J connectivity index is 1.47. The first-order chi connectivity index (χ1) is 11.8. The summed E-state index contributed by atoms with van der Waals surface area (Å²) in [5.41, 5.74) is 2.48. The Labute approximate surface area is 144 Å². The third kappa shape index (κ3) is 4.23. The number of ether oxygens (including phenoxy) is 1. The minimum atomic E-state index is 0.920. The van der Waals surface area contributed by atoms with E-state index < -0.39 is 0 Å². The average molecular weight is 326 g/mol. The zero-order valence-electron chi connectivity index (χ0n) is 14.6. The van der Waals surface area contributed by atoms with E-state index in [1.165, 1.54) is 5.56 Å². The Bertz CT molecular complexity index is 636. The number of rotatable bonds is 6. The van der Waals surface area contributed by atoms with Crippen LogP contribution in [0, 0.1) is 0 Å². The van der Waals surface area contributed by atoms with Crippen molar-refractivity contribution in [3.05, 3.63) is 47.9 Å². The van der Waals surface area contributed by atoms with Gasteiger partial charge in [0.05, 0.1) is 7.11 Å². The fourth-order valence-corrected chi connectivity index (χ4v) is 3.03. The Morgan fingerprint density at radius 1 is 1.04 bits per heavy atom. The molecule has 0 bridgehead atoms. The van der Waals surface area contributed by atoms with Crippen LogP contribution in [0.4, 0.5) is 5.82 Å². The molecule has 0 N–H and O–H groups in total. The molecule has 1 aliphatic rings. The Kier molecular flexibility index (Phi) is 5.64. The summed E-state index contributed by atoms with van der Waals surface area (Å²) in [6.07, 6.45) is 3.72. The van der Waals surface area contributed by atoms with Gasteiger partial charge in [-0.15, -0.1) is 0 Å². The molecule has 1 aromatic carbocycles. The van der Waals surface area contributed by atoms with Crippen molar-refractivity contribution in [2.75, 3.05) is 44.7 Å². The number of hydrogen-bond donors (Lipinski definition) is 0. The lowest BCUT2D eigenvalue weighted by molar-refractivity contribution is 0.260. The summed E-state index contributed by atoms with van der Waals surface area (Å²) in [7, 11) is 1.70. The molecule has 0 atom stereocenters. The molecule has 3 rings (SSSR count). The van der Waals surface area contributed by atoms with Gasteiger partial charge in [-0.2, -0.15) is 0 Å². The van der Waals surface area contributed by atoms with E-state index in [4.69, 9.17) is 4.74 Å². The summed E-state index contributed by atoms with van der Waals surface area (Å²) in [4.78, 5) is 13.6. The molecular formula is C19H26N4O. The minimum absolute atomic E-state index is 0.920. The summed E-state index contributed by atoms with van der Waals surface area (Å²) in [6.45, 7) is 7.46. The van der Waals surface area contributed by atoms with Crippen LogP contribution in [0.25, 0.3) is 0 Å². The zero-order chi connectivity index (χ0) is 16.8. The number of piperazine rings is 1. The van der Waals surface area contributed by atoms with Gasteiger partial charge in [0, 0.05) is 44.5 Å². The second kappa shape index (κ2) is 8.11. The number of methoxy groups -OCH3 is 1. The molecule has 0 radical (unpaired) electrons. The molecule has 128 valence electrons. The van der Waals surface area contributed by atoms with E-state index >= 15 is 0 Å². The molecule has 0 saturated carbocycles. The van der Waals surface area contributed by atoms with Crippen molar-refractivity contribution in [2.45, 2.75) is 19.8 Å². The molecule has 5 nitrogen and oxygen atoms in total. The average Bonchev–Trinajstić information content (AvgIpc) is 2.67. The number of anilines is 1. The quantitative estimate of drug-likeness (QED) is 0.815. The first kappa shape index (κ1) is 16.7. The first-order valence-corrected chi connectivity index (χ1v) is 8.69. The van der Waals surface area contributed by atoms with Gasteiger partial charge in [0.2, 0.25) is 0 Å². The van der Waals surface area contributed by atoms with Gasteiger partial charge in [0.15, 0.2) is 0 Å². The predicted molar refractivity (Wildman–Crippen MR) is 96.8 cm³/mol. The standard InChI is InChI=1S/C19H26N4O/c1-3-17-14-19(21-15-20-17)23-12-10-22(11-13-23)9-8-16-4-6-18(24-2)7-5-16/h4-7,14-15H,3,8-13H2,1-2H3. The van der Waals surface area contributed by atoms with Crippen LogP contribution in [0.3, 0.4) is 0 Å². The highest BCUT2D eigenvalue weighted by Crippen LogP contribution is 2.15. The van der Waals surface area contributed by atoms with E-state index in [0.717, 1.165) is 62.8 Å². The molecule has 1 saturated heterocycles. The molecule has 24 heavy (non-hydrogen) atoms. The van der Waals surface area contributed by atoms with Crippen LogP contribution in [0.15, 0.2) is 36.7 Å². The summed E-state index contributed by atoms with van der Waals surface area (Å²) >= 11 is 0. The topological polar surface area (TPSA) is 41.5 Å². The van der Waals surface area contributed by atoms with Crippen LogP contribution in [0.2, 0.25) is 0 Å². The number of nitrogens with zero attached hydrogens (tertiary/aromatic N) is 4. The van der Waals surface area contributed by atoms with Gasteiger partial charge in [0.1, 0.15) is 17.9 Å². The second-order valence-corrected chi connectivity index (χ2v) is 6.15. The van der Waals surface area contributed by atoms with Crippen LogP contribution < -0.4 is 9.64 Å². The van der Waals surface area contributed by atoms with Crippen LogP contribution in [0.5, 0.6) is 5.75 Å². The van der Waals surface area contributed by atoms with Crippen molar-refractivity contribution in [1.29, 1.82) is 0 Å². The third-order valence-electron chi connectivity index (χ3n) is 4.64. The SMILES string of the molecule is CCc1cc(N2CCN(CCc3ccc(OC)cc3)CC2)ncn1. The van der Waals surface area contributed by atoms with Crippen molar-refractivity contribution in [3.8, 4) is 5.75 Å². The highest BCUT2D eigenvalue weighted by atomic mass is 16.5. The maximum atomic E-state index is 5.21. The largest absolute Gasteiger partial charge is 0.497 e. The van der Waals surface area contributed by atoms with Crippen LogP contribution >= 0.6 is 0 Å². The Morgan fingerprint density at radius 2 is 1.79 bits per heavy atom. The van der Waals surface area contributed by atoms with Gasteiger partial charge in [-0.1, -0.05) is 19.1 Å². The highest BCUT2D eigenvalue weighted by molar-refractivity contribution is 5.39. The number of aryl methyl sites for hydroxylation is 1. The Morgan fingerprint density at radius 3 is 2.46 bits per heavy atom. The smallest absolute Gasteiger partial charge is 0.132 e. The van der Waals surface area contributed by atoms with Crippen molar-refractivity contribution < 1.29 is 4.74 Å². The number of hydrogen-bond acceptors (Lipinski definition) is 5. The van der Waals surface area contributed by atoms with Crippen molar-refractivity contribution in [3.63, 3.8) is 0 Å². The van der Waals surface area contributed by atoms with E-state index in [2.05, 4.69) is 44.9 Å². The van der Waals surface area contributed by atoms with Crippen LogP contribution in [-0.2, 0) is 12.8 Å². The lowest BCUT2D eigenvalue weighted by Gasteiger charge is -2.35. The van der Waals surface area contributed by atoms with E-state index in [9.17, 15) is 0 Å². The molecule has 1 aliphatic heterocycles. The predicted octanol–water partition coefficient (Wildman–Crippen LogP) is 2.41. The number of aromatic nitrogens is 2. The molecule has 0 unspecified atom stereocenters. The maximum Gasteiger partial charge on any atom is 0.132 e. The Hall–Kier alpha value is -2.14. The fraction of sp³-hybridized carbons (Fsp3) is 0.474. The van der Waals surface area contributed by atoms with Crippen molar-refractivity contribution in [1.82, 2.24) is 14.9 Å². The molecule has 0 amide bonds. The molecule has 2 aromatic rings. The van der Waals surface area contributed by atoms with Gasteiger partial charge < -0.3 is 9.64 Å². The molecule has 0 spiro atoms. The second-order valence-electron chi connectivity index (χ2n) is 6.15. The summed E-state index contributed by atoms with van der Waals surface area (Å²) in [5.74, 6) is 1.99. The van der Waals surface area contributed by atoms with Gasteiger partial charge in [-0.3, -0.25) is 4.90 Å². The zero-order valence-corrected chi connectivity index (χ0v) is 14.6. The third-order valence-corrected chi connectivity index (χ3v) is 4.64. The molecule has 5 heteroatoms. The van der Waals surface area contributed by atoms with Crippen molar-refractivity contribution in [2.24, 2.45) is 0 Å². The summed E-state index contributed by atoms with van der Waals surface area (Å²) in [6, 6.07) is 10.5. The van der Waals surface area contributed by atoms with E-state index in [1.807, 2.05) is 12.1 Å². The lowest BCUT2D eigenvalue weighted by atomic mass is 10.1. The fourth-order valence-electron chi connectivity index (χ4n) is 3.03. The molecular weight excluding hydrogens is 300 g/mol. The normalized spacial score (nSPS) is 15.5. The van der Waals surface area contributed by atoms with E-state index in [0.29, 0.717) is 0 Å². The monoisotopic (exact) mass is 326 g/mol. The van der Waals surface area contributed by atoms with E-state index in [-0.39, 0.29) is 0 Å². The van der Waals surface area contributed by atoms with Crippen LogP contribution in [-0.4, -0.2) is 54.7 Å². The van der Waals surface area contributed by atoms with E-state index in [1.54, 1.807) is 13.4 Å².